The summed E-state index contributed by atoms with van der Waals surface area (Å²) >= 11 is 1.41. The molecule has 4 aromatic rings. The molecule has 8 nitrogen and oxygen atoms in total. The predicted octanol–water partition coefficient (Wildman–Crippen LogP) is 3.29. The van der Waals surface area contributed by atoms with Crippen LogP contribution in [0.2, 0.25) is 0 Å². The molecule has 0 bridgehead atoms. The third-order valence-corrected chi connectivity index (χ3v) is 5.26. The number of hydrogen-bond donors (Lipinski definition) is 3. The summed E-state index contributed by atoms with van der Waals surface area (Å²) in [5.41, 5.74) is 2.39. The number of rotatable bonds is 7. The maximum atomic E-state index is 13.0. The van der Waals surface area contributed by atoms with E-state index in [0.29, 0.717) is 41.4 Å². The van der Waals surface area contributed by atoms with Gasteiger partial charge in [0.05, 0.1) is 40.3 Å². The summed E-state index contributed by atoms with van der Waals surface area (Å²) in [6.07, 6.45) is 3.99. The van der Waals surface area contributed by atoms with Crippen LogP contribution in [-0.4, -0.2) is 46.2 Å². The summed E-state index contributed by atoms with van der Waals surface area (Å²) in [6.45, 7) is 0.639. The Morgan fingerprint density at radius 1 is 1.31 bits per heavy atom. The van der Waals surface area contributed by atoms with Crippen LogP contribution in [0.3, 0.4) is 0 Å². The molecule has 3 aromatic heterocycles. The van der Waals surface area contributed by atoms with E-state index in [2.05, 4.69) is 25.6 Å². The number of aromatic nitrogens is 3. The summed E-state index contributed by atoms with van der Waals surface area (Å²) in [6, 6.07) is 7.40. The van der Waals surface area contributed by atoms with Gasteiger partial charge in [-0.25, -0.2) is 9.97 Å². The molecule has 0 atom stereocenters. The first-order chi connectivity index (χ1) is 14.2. The number of fused-ring (bicyclic) bond motifs is 2. The number of aliphatic hydroxyl groups excluding tert-OH is 1. The molecule has 9 heteroatoms. The van der Waals surface area contributed by atoms with Crippen molar-refractivity contribution in [3.63, 3.8) is 0 Å². The predicted molar refractivity (Wildman–Crippen MR) is 114 cm³/mol. The molecule has 0 aliphatic carbocycles. The molecule has 148 valence electrons. The summed E-state index contributed by atoms with van der Waals surface area (Å²) in [5.74, 6) is 0.677. The lowest BCUT2D eigenvalue weighted by atomic mass is 10.1. The molecule has 0 saturated carbocycles. The Morgan fingerprint density at radius 2 is 2.21 bits per heavy atom. The zero-order valence-corrected chi connectivity index (χ0v) is 16.5. The lowest BCUT2D eigenvalue weighted by Gasteiger charge is -2.11. The van der Waals surface area contributed by atoms with E-state index >= 15 is 0 Å². The van der Waals surface area contributed by atoms with Crippen LogP contribution < -0.4 is 15.4 Å². The van der Waals surface area contributed by atoms with E-state index in [0.717, 1.165) is 15.6 Å². The Hall–Kier alpha value is -3.30. The van der Waals surface area contributed by atoms with Crippen molar-refractivity contribution in [3.05, 3.63) is 47.6 Å². The van der Waals surface area contributed by atoms with Crippen molar-refractivity contribution in [3.8, 4) is 5.75 Å². The van der Waals surface area contributed by atoms with Crippen LogP contribution in [0.25, 0.3) is 21.1 Å². The SMILES string of the molecule is COc1cc2ncccc2cc1NC(=O)c1csc2cnc(NCCCO)nc12. The molecule has 0 aliphatic heterocycles. The third-order valence-electron chi connectivity index (χ3n) is 4.35. The standard InChI is InChI=1S/C20H19N5O3S/c1-28-16-9-14-12(4-2-5-21-14)8-15(16)24-19(27)13-11-29-17-10-23-20(25-18(13)17)22-6-3-7-26/h2,4-5,8-11,26H,3,6-7H2,1H3,(H,24,27)(H,22,23,25). The minimum atomic E-state index is -0.280. The highest BCUT2D eigenvalue weighted by Crippen LogP contribution is 2.31. The van der Waals surface area contributed by atoms with Gasteiger partial charge in [-0.3, -0.25) is 9.78 Å². The van der Waals surface area contributed by atoms with Crippen molar-refractivity contribution >= 4 is 50.0 Å². The van der Waals surface area contributed by atoms with Crippen LogP contribution >= 0.6 is 11.3 Å². The molecule has 3 N–H and O–H groups in total. The second-order valence-corrected chi connectivity index (χ2v) is 7.17. The van der Waals surface area contributed by atoms with Crippen LogP contribution in [0, 0.1) is 0 Å². The van der Waals surface area contributed by atoms with E-state index < -0.39 is 0 Å². The molecule has 1 aromatic carbocycles. The smallest absolute Gasteiger partial charge is 0.258 e. The van der Waals surface area contributed by atoms with Gasteiger partial charge in [0.25, 0.3) is 5.91 Å². The van der Waals surface area contributed by atoms with Crippen LogP contribution in [0.15, 0.2) is 42.0 Å². The lowest BCUT2D eigenvalue weighted by Crippen LogP contribution is -2.13. The minimum Gasteiger partial charge on any atom is -0.494 e. The highest BCUT2D eigenvalue weighted by molar-refractivity contribution is 7.17. The number of nitrogens with one attached hydrogen (secondary N) is 2. The van der Waals surface area contributed by atoms with E-state index in [1.54, 1.807) is 30.9 Å². The largest absolute Gasteiger partial charge is 0.494 e. The molecule has 0 unspecified atom stereocenters. The number of nitrogens with zero attached hydrogens (tertiary/aromatic N) is 3. The van der Waals surface area contributed by atoms with Gasteiger partial charge in [-0.1, -0.05) is 6.07 Å². The highest BCUT2D eigenvalue weighted by Gasteiger charge is 2.17. The first kappa shape index (κ1) is 19.0. The number of anilines is 2. The number of thiophene rings is 1. The molecule has 29 heavy (non-hydrogen) atoms. The normalized spacial score (nSPS) is 11.0. The minimum absolute atomic E-state index is 0.0878. The highest BCUT2D eigenvalue weighted by atomic mass is 32.1. The quantitative estimate of drug-likeness (QED) is 0.402. The van der Waals surface area contributed by atoms with Gasteiger partial charge in [0, 0.05) is 36.2 Å². The Bertz CT molecular complexity index is 1180. The molecular formula is C20H19N5O3S. The topological polar surface area (TPSA) is 109 Å². The Labute approximate surface area is 170 Å². The van der Waals surface area contributed by atoms with Gasteiger partial charge in [0.15, 0.2) is 0 Å². The van der Waals surface area contributed by atoms with E-state index in [9.17, 15) is 4.79 Å². The number of carbonyl (C=O) groups is 1. The van der Waals surface area contributed by atoms with Crippen molar-refractivity contribution in [1.82, 2.24) is 15.0 Å². The van der Waals surface area contributed by atoms with Crippen LogP contribution in [0.5, 0.6) is 5.75 Å². The van der Waals surface area contributed by atoms with Gasteiger partial charge in [-0.05, 0) is 18.6 Å². The molecule has 4 rings (SSSR count). The van der Waals surface area contributed by atoms with Gasteiger partial charge in [-0.2, -0.15) is 0 Å². The number of pyridine rings is 1. The molecular weight excluding hydrogens is 390 g/mol. The number of benzene rings is 1. The maximum absolute atomic E-state index is 13.0. The fourth-order valence-corrected chi connectivity index (χ4v) is 3.76. The van der Waals surface area contributed by atoms with E-state index in [4.69, 9.17) is 9.84 Å². The van der Waals surface area contributed by atoms with Crippen molar-refractivity contribution < 1.29 is 14.6 Å². The van der Waals surface area contributed by atoms with Gasteiger partial charge in [-0.15, -0.1) is 11.3 Å². The molecule has 0 radical (unpaired) electrons. The number of amides is 1. The van der Waals surface area contributed by atoms with Crippen LogP contribution in [0.4, 0.5) is 11.6 Å². The maximum Gasteiger partial charge on any atom is 0.258 e. The van der Waals surface area contributed by atoms with Crippen molar-refractivity contribution in [2.45, 2.75) is 6.42 Å². The summed E-state index contributed by atoms with van der Waals surface area (Å²) in [5, 5.41) is 17.5. The first-order valence-electron chi connectivity index (χ1n) is 9.02. The Balaban J connectivity index is 1.63. The molecule has 0 spiro atoms. The fourth-order valence-electron chi connectivity index (χ4n) is 2.91. The van der Waals surface area contributed by atoms with Gasteiger partial charge in [0.2, 0.25) is 5.95 Å². The average Bonchev–Trinajstić information content (AvgIpc) is 3.17. The Kier molecular flexibility index (Phi) is 5.50. The van der Waals surface area contributed by atoms with Crippen molar-refractivity contribution in [2.75, 3.05) is 30.9 Å². The second-order valence-electron chi connectivity index (χ2n) is 6.26. The number of ether oxygens (including phenoxy) is 1. The third kappa shape index (κ3) is 3.96. The molecule has 1 amide bonds. The molecule has 0 aliphatic rings. The molecule has 0 saturated heterocycles. The number of hydrogen-bond acceptors (Lipinski definition) is 8. The Morgan fingerprint density at radius 3 is 3.03 bits per heavy atom. The van der Waals surface area contributed by atoms with E-state index in [-0.39, 0.29) is 12.5 Å². The number of aliphatic hydroxyl groups is 1. The van der Waals surface area contributed by atoms with Crippen molar-refractivity contribution in [1.29, 1.82) is 0 Å². The van der Waals surface area contributed by atoms with Crippen LogP contribution in [-0.2, 0) is 0 Å². The average molecular weight is 409 g/mol. The van der Waals surface area contributed by atoms with Crippen molar-refractivity contribution in [2.24, 2.45) is 0 Å². The van der Waals surface area contributed by atoms with Gasteiger partial charge >= 0.3 is 0 Å². The van der Waals surface area contributed by atoms with E-state index in [1.165, 1.54) is 11.3 Å². The van der Waals surface area contributed by atoms with Crippen LogP contribution in [0.1, 0.15) is 16.8 Å². The van der Waals surface area contributed by atoms with Gasteiger partial charge in [0.1, 0.15) is 5.75 Å². The number of carbonyl (C=O) groups excluding carboxylic acids is 1. The summed E-state index contributed by atoms with van der Waals surface area (Å²) in [7, 11) is 1.55. The monoisotopic (exact) mass is 409 g/mol. The number of methoxy groups -OCH3 is 1. The van der Waals surface area contributed by atoms with E-state index in [1.807, 2.05) is 18.2 Å². The zero-order chi connectivity index (χ0) is 20.2. The summed E-state index contributed by atoms with van der Waals surface area (Å²) in [4.78, 5) is 26.0. The zero-order valence-electron chi connectivity index (χ0n) is 15.7. The molecule has 0 fully saturated rings. The fraction of sp³-hybridized carbons (Fsp3) is 0.200. The van der Waals surface area contributed by atoms with Gasteiger partial charge < -0.3 is 20.5 Å². The second kappa shape index (κ2) is 8.38. The molecule has 3 heterocycles. The lowest BCUT2D eigenvalue weighted by molar-refractivity contribution is 0.102. The first-order valence-corrected chi connectivity index (χ1v) is 9.90. The summed E-state index contributed by atoms with van der Waals surface area (Å²) < 4.78 is 6.24.